The summed E-state index contributed by atoms with van der Waals surface area (Å²) in [5, 5.41) is 6.74. The highest BCUT2D eigenvalue weighted by Gasteiger charge is 2.12. The van der Waals surface area contributed by atoms with Gasteiger partial charge in [0.15, 0.2) is 0 Å². The number of rotatable bonds is 5. The number of aryl methyl sites for hydroxylation is 1. The molecule has 0 aliphatic carbocycles. The Labute approximate surface area is 129 Å². The van der Waals surface area contributed by atoms with Crippen molar-refractivity contribution in [1.29, 1.82) is 0 Å². The van der Waals surface area contributed by atoms with E-state index >= 15 is 0 Å². The van der Waals surface area contributed by atoms with Crippen LogP contribution in [-0.2, 0) is 11.8 Å². The van der Waals surface area contributed by atoms with E-state index in [0.29, 0.717) is 11.4 Å². The molecule has 0 fully saturated rings. The van der Waals surface area contributed by atoms with Crippen LogP contribution in [0.25, 0.3) is 0 Å². The summed E-state index contributed by atoms with van der Waals surface area (Å²) < 4.78 is 1.95. The SMILES string of the molecule is CCC(=O)Nc1ccc(Cl)c(NC(C)c2nccn2C)c1. The second-order valence-electron chi connectivity index (χ2n) is 4.86. The number of halogens is 1. The summed E-state index contributed by atoms with van der Waals surface area (Å²) in [5.74, 6) is 0.884. The number of nitrogens with zero attached hydrogens (tertiary/aromatic N) is 2. The summed E-state index contributed by atoms with van der Waals surface area (Å²) in [6, 6.07) is 5.38. The molecule has 1 aromatic heterocycles. The number of hydrogen-bond donors (Lipinski definition) is 2. The summed E-state index contributed by atoms with van der Waals surface area (Å²) in [5.41, 5.74) is 1.49. The molecule has 2 aromatic rings. The second kappa shape index (κ2) is 6.63. The number of benzene rings is 1. The zero-order chi connectivity index (χ0) is 15.4. The van der Waals surface area contributed by atoms with Crippen molar-refractivity contribution in [2.45, 2.75) is 26.3 Å². The number of nitrogens with one attached hydrogen (secondary N) is 2. The van der Waals surface area contributed by atoms with Crippen LogP contribution in [0.1, 0.15) is 32.1 Å². The number of anilines is 2. The molecule has 2 N–H and O–H groups in total. The molecule has 112 valence electrons. The number of imidazole rings is 1. The molecule has 1 aromatic carbocycles. The van der Waals surface area contributed by atoms with Gasteiger partial charge in [0.2, 0.25) is 5.91 Å². The van der Waals surface area contributed by atoms with E-state index in [1.54, 1.807) is 18.3 Å². The fourth-order valence-electron chi connectivity index (χ4n) is 2.06. The monoisotopic (exact) mass is 306 g/mol. The molecule has 0 aliphatic rings. The van der Waals surface area contributed by atoms with Gasteiger partial charge in [-0.25, -0.2) is 4.98 Å². The lowest BCUT2D eigenvalue weighted by atomic mass is 10.2. The van der Waals surface area contributed by atoms with Gasteiger partial charge in [-0.05, 0) is 25.1 Å². The summed E-state index contributed by atoms with van der Waals surface area (Å²) in [6.07, 6.45) is 4.09. The molecule has 21 heavy (non-hydrogen) atoms. The fraction of sp³-hybridized carbons (Fsp3) is 0.333. The van der Waals surface area contributed by atoms with Crippen molar-refractivity contribution in [2.24, 2.45) is 7.05 Å². The maximum Gasteiger partial charge on any atom is 0.224 e. The lowest BCUT2D eigenvalue weighted by molar-refractivity contribution is -0.115. The van der Waals surface area contributed by atoms with Crippen LogP contribution in [0, 0.1) is 0 Å². The highest BCUT2D eigenvalue weighted by molar-refractivity contribution is 6.33. The van der Waals surface area contributed by atoms with E-state index in [2.05, 4.69) is 15.6 Å². The van der Waals surface area contributed by atoms with Gasteiger partial charge >= 0.3 is 0 Å². The zero-order valence-corrected chi connectivity index (χ0v) is 13.1. The molecular formula is C15H19ClN4O. The van der Waals surface area contributed by atoms with Gasteiger partial charge in [-0.3, -0.25) is 4.79 Å². The summed E-state index contributed by atoms with van der Waals surface area (Å²) >= 11 is 6.21. The first kappa shape index (κ1) is 15.4. The van der Waals surface area contributed by atoms with Crippen molar-refractivity contribution in [1.82, 2.24) is 9.55 Å². The molecule has 5 nitrogen and oxygen atoms in total. The molecule has 6 heteroatoms. The highest BCUT2D eigenvalue weighted by Crippen LogP contribution is 2.28. The van der Waals surface area contributed by atoms with Crippen LogP contribution < -0.4 is 10.6 Å². The van der Waals surface area contributed by atoms with E-state index in [0.717, 1.165) is 17.2 Å². The predicted molar refractivity (Wildman–Crippen MR) is 85.6 cm³/mol. The minimum absolute atomic E-state index is 0.000346. The van der Waals surface area contributed by atoms with Crippen molar-refractivity contribution in [3.8, 4) is 0 Å². The molecule has 0 bridgehead atoms. The molecule has 1 unspecified atom stereocenters. The van der Waals surface area contributed by atoms with E-state index in [9.17, 15) is 4.79 Å². The Balaban J connectivity index is 2.17. The average molecular weight is 307 g/mol. The van der Waals surface area contributed by atoms with Gasteiger partial charge in [-0.2, -0.15) is 0 Å². The minimum Gasteiger partial charge on any atom is -0.374 e. The number of aromatic nitrogens is 2. The number of amides is 1. The highest BCUT2D eigenvalue weighted by atomic mass is 35.5. The third kappa shape index (κ3) is 3.76. The van der Waals surface area contributed by atoms with Crippen molar-refractivity contribution in [2.75, 3.05) is 10.6 Å². The molecule has 0 radical (unpaired) electrons. The molecule has 0 spiro atoms. The van der Waals surface area contributed by atoms with Crippen LogP contribution in [0.15, 0.2) is 30.6 Å². The lowest BCUT2D eigenvalue weighted by Crippen LogP contribution is -2.13. The molecule has 1 amide bonds. The first-order valence-corrected chi connectivity index (χ1v) is 7.22. The van der Waals surface area contributed by atoms with Crippen LogP contribution in [0.4, 0.5) is 11.4 Å². The summed E-state index contributed by atoms with van der Waals surface area (Å²) in [6.45, 7) is 3.82. The molecule has 0 aliphatic heterocycles. The third-order valence-corrected chi connectivity index (χ3v) is 3.52. The Kier molecular flexibility index (Phi) is 4.85. The Morgan fingerprint density at radius 2 is 2.24 bits per heavy atom. The molecule has 0 saturated carbocycles. The standard InChI is InChI=1S/C15H19ClN4O/c1-4-14(21)19-11-5-6-12(16)13(9-11)18-10(2)15-17-7-8-20(15)3/h5-10,18H,4H2,1-3H3,(H,19,21). The molecular weight excluding hydrogens is 288 g/mol. The van der Waals surface area contributed by atoms with Crippen LogP contribution in [-0.4, -0.2) is 15.5 Å². The van der Waals surface area contributed by atoms with E-state index in [4.69, 9.17) is 11.6 Å². The Bertz CT molecular complexity index is 638. The number of carbonyl (C=O) groups is 1. The van der Waals surface area contributed by atoms with Gasteiger partial charge in [0.05, 0.1) is 16.8 Å². The smallest absolute Gasteiger partial charge is 0.224 e. The normalized spacial score (nSPS) is 12.0. The van der Waals surface area contributed by atoms with E-state index in [-0.39, 0.29) is 11.9 Å². The Hall–Kier alpha value is -2.01. The van der Waals surface area contributed by atoms with Crippen molar-refractivity contribution >= 4 is 28.9 Å². The van der Waals surface area contributed by atoms with E-state index < -0.39 is 0 Å². The van der Waals surface area contributed by atoms with Gasteiger partial charge in [-0.1, -0.05) is 18.5 Å². The zero-order valence-electron chi connectivity index (χ0n) is 12.4. The van der Waals surface area contributed by atoms with Gasteiger partial charge in [-0.15, -0.1) is 0 Å². The van der Waals surface area contributed by atoms with Crippen molar-refractivity contribution < 1.29 is 4.79 Å². The molecule has 1 atom stereocenters. The van der Waals surface area contributed by atoms with Crippen molar-refractivity contribution in [3.05, 3.63) is 41.4 Å². The van der Waals surface area contributed by atoms with Crippen LogP contribution in [0.3, 0.4) is 0 Å². The quantitative estimate of drug-likeness (QED) is 0.887. The summed E-state index contributed by atoms with van der Waals surface area (Å²) in [7, 11) is 1.94. The topological polar surface area (TPSA) is 59.0 Å². The predicted octanol–water partition coefficient (Wildman–Crippen LogP) is 3.60. The van der Waals surface area contributed by atoms with E-state index in [1.165, 1.54) is 0 Å². The number of hydrogen-bond acceptors (Lipinski definition) is 3. The Morgan fingerprint density at radius 3 is 2.86 bits per heavy atom. The Morgan fingerprint density at radius 1 is 1.48 bits per heavy atom. The average Bonchev–Trinajstić information content (AvgIpc) is 2.88. The van der Waals surface area contributed by atoms with E-state index in [1.807, 2.05) is 37.7 Å². The molecule has 1 heterocycles. The van der Waals surface area contributed by atoms with Gasteiger partial charge in [0.25, 0.3) is 0 Å². The van der Waals surface area contributed by atoms with Crippen LogP contribution in [0.2, 0.25) is 5.02 Å². The molecule has 2 rings (SSSR count). The molecule has 0 saturated heterocycles. The summed E-state index contributed by atoms with van der Waals surface area (Å²) in [4.78, 5) is 15.8. The first-order valence-electron chi connectivity index (χ1n) is 6.84. The van der Waals surface area contributed by atoms with Crippen LogP contribution in [0.5, 0.6) is 0 Å². The number of carbonyl (C=O) groups excluding carboxylic acids is 1. The van der Waals surface area contributed by atoms with Crippen molar-refractivity contribution in [3.63, 3.8) is 0 Å². The first-order chi connectivity index (χ1) is 10.0. The van der Waals surface area contributed by atoms with Gasteiger partial charge < -0.3 is 15.2 Å². The van der Waals surface area contributed by atoms with Gasteiger partial charge in [0.1, 0.15) is 5.82 Å². The largest absolute Gasteiger partial charge is 0.374 e. The van der Waals surface area contributed by atoms with Crippen LogP contribution >= 0.6 is 11.6 Å². The van der Waals surface area contributed by atoms with Gasteiger partial charge in [0, 0.05) is 31.5 Å². The lowest BCUT2D eigenvalue weighted by Gasteiger charge is -2.17. The second-order valence-corrected chi connectivity index (χ2v) is 5.27. The minimum atomic E-state index is -0.0274. The maximum atomic E-state index is 11.5. The fourth-order valence-corrected chi connectivity index (χ4v) is 2.23. The third-order valence-electron chi connectivity index (χ3n) is 3.19. The maximum absolute atomic E-state index is 11.5.